The summed E-state index contributed by atoms with van der Waals surface area (Å²) in [5, 5.41) is 3.42. The topological polar surface area (TPSA) is 39.1 Å². The van der Waals surface area contributed by atoms with Gasteiger partial charge in [-0.1, -0.05) is 19.1 Å². The molecule has 2 rings (SSSR count). The second-order valence-corrected chi connectivity index (χ2v) is 5.05. The molecule has 0 bridgehead atoms. The smallest absolute Gasteiger partial charge is 0.146 e. The Hall–Kier alpha value is -1.81. The van der Waals surface area contributed by atoms with Crippen LogP contribution in [-0.4, -0.2) is 16.1 Å². The number of imidazole rings is 1. The van der Waals surface area contributed by atoms with E-state index < -0.39 is 0 Å². The predicted molar refractivity (Wildman–Crippen MR) is 80.8 cm³/mol. The molecule has 1 heterocycles. The van der Waals surface area contributed by atoms with Crippen LogP contribution in [0.25, 0.3) is 0 Å². The normalized spacial score (nSPS) is 12.4. The van der Waals surface area contributed by atoms with Gasteiger partial charge in [-0.05, 0) is 37.6 Å². The monoisotopic (exact) mass is 273 g/mol. The first-order chi connectivity index (χ1) is 9.61. The van der Waals surface area contributed by atoms with Crippen LogP contribution >= 0.6 is 0 Å². The average molecular weight is 273 g/mol. The molecule has 1 aromatic carbocycles. The Morgan fingerprint density at radius 1 is 1.40 bits per heavy atom. The molecule has 4 nitrogen and oxygen atoms in total. The largest absolute Gasteiger partial charge is 0.485 e. The molecule has 2 aromatic rings. The first kappa shape index (κ1) is 14.6. The highest BCUT2D eigenvalue weighted by Crippen LogP contribution is 2.23. The Morgan fingerprint density at radius 3 is 2.80 bits per heavy atom. The minimum absolute atomic E-state index is 0.363. The molecule has 108 valence electrons. The third-order valence-corrected chi connectivity index (χ3v) is 3.49. The van der Waals surface area contributed by atoms with Gasteiger partial charge < -0.3 is 14.6 Å². The zero-order chi connectivity index (χ0) is 14.5. The van der Waals surface area contributed by atoms with E-state index in [9.17, 15) is 0 Å². The van der Waals surface area contributed by atoms with Crippen LogP contribution in [0.5, 0.6) is 5.75 Å². The lowest BCUT2D eigenvalue weighted by Gasteiger charge is -2.15. The van der Waals surface area contributed by atoms with E-state index in [0.717, 1.165) is 23.7 Å². The zero-order valence-corrected chi connectivity index (χ0v) is 12.7. The fraction of sp³-hybridized carbons (Fsp3) is 0.438. The van der Waals surface area contributed by atoms with Gasteiger partial charge in [0.1, 0.15) is 18.2 Å². The second kappa shape index (κ2) is 6.57. The number of hydrogen-bond acceptors (Lipinski definition) is 3. The fourth-order valence-electron chi connectivity index (χ4n) is 2.21. The number of nitrogens with one attached hydrogen (secondary N) is 1. The SMILES string of the molecule is CCNC(C)c1ccc(OCc2nccn2C)c(C)c1. The highest BCUT2D eigenvalue weighted by atomic mass is 16.5. The maximum absolute atomic E-state index is 5.85. The molecular formula is C16H23N3O. The van der Waals surface area contributed by atoms with Crippen LogP contribution in [-0.2, 0) is 13.7 Å². The van der Waals surface area contributed by atoms with Gasteiger partial charge in [0.05, 0.1) is 0 Å². The lowest BCUT2D eigenvalue weighted by molar-refractivity contribution is 0.289. The third kappa shape index (κ3) is 3.39. The molecule has 0 aliphatic rings. The van der Waals surface area contributed by atoms with E-state index in [1.54, 1.807) is 6.20 Å². The van der Waals surface area contributed by atoms with E-state index in [2.05, 4.69) is 43.2 Å². The Labute approximate surface area is 120 Å². The number of rotatable bonds is 6. The Balaban J connectivity index is 2.04. The number of benzene rings is 1. The first-order valence-electron chi connectivity index (χ1n) is 7.04. The van der Waals surface area contributed by atoms with Crippen molar-refractivity contribution in [2.24, 2.45) is 7.05 Å². The molecule has 0 saturated carbocycles. The molecule has 0 aliphatic carbocycles. The minimum Gasteiger partial charge on any atom is -0.485 e. The molecule has 0 radical (unpaired) electrons. The van der Waals surface area contributed by atoms with E-state index in [1.807, 2.05) is 23.9 Å². The minimum atomic E-state index is 0.363. The molecule has 20 heavy (non-hydrogen) atoms. The molecule has 0 aliphatic heterocycles. The molecule has 1 unspecified atom stereocenters. The number of nitrogens with zero attached hydrogens (tertiary/aromatic N) is 2. The van der Waals surface area contributed by atoms with E-state index in [4.69, 9.17) is 4.74 Å². The van der Waals surface area contributed by atoms with Crippen molar-refractivity contribution in [3.63, 3.8) is 0 Å². The van der Waals surface area contributed by atoms with Gasteiger partial charge in [0, 0.05) is 25.5 Å². The van der Waals surface area contributed by atoms with Gasteiger partial charge in [-0.25, -0.2) is 4.98 Å². The van der Waals surface area contributed by atoms with Crippen molar-refractivity contribution in [3.05, 3.63) is 47.5 Å². The van der Waals surface area contributed by atoms with Gasteiger partial charge in [0.15, 0.2) is 0 Å². The molecule has 0 amide bonds. The standard InChI is InChI=1S/C16H23N3O/c1-5-17-13(3)14-6-7-15(12(2)10-14)20-11-16-18-8-9-19(16)4/h6-10,13,17H,5,11H2,1-4H3. The summed E-state index contributed by atoms with van der Waals surface area (Å²) >= 11 is 0. The van der Waals surface area contributed by atoms with E-state index >= 15 is 0 Å². The third-order valence-electron chi connectivity index (χ3n) is 3.49. The number of aryl methyl sites for hydroxylation is 2. The van der Waals surface area contributed by atoms with Gasteiger partial charge in [-0.2, -0.15) is 0 Å². The molecule has 1 aromatic heterocycles. The van der Waals surface area contributed by atoms with E-state index in [1.165, 1.54) is 5.56 Å². The molecule has 0 fully saturated rings. The molecule has 0 spiro atoms. The van der Waals surface area contributed by atoms with Crippen LogP contribution in [0.2, 0.25) is 0 Å². The van der Waals surface area contributed by atoms with Crippen molar-refractivity contribution in [3.8, 4) is 5.75 Å². The van der Waals surface area contributed by atoms with Gasteiger partial charge in [0.2, 0.25) is 0 Å². The van der Waals surface area contributed by atoms with Crippen molar-refractivity contribution < 1.29 is 4.74 Å². The van der Waals surface area contributed by atoms with Crippen molar-refractivity contribution >= 4 is 0 Å². The Morgan fingerprint density at radius 2 is 2.20 bits per heavy atom. The second-order valence-electron chi connectivity index (χ2n) is 5.05. The summed E-state index contributed by atoms with van der Waals surface area (Å²) in [6, 6.07) is 6.71. The van der Waals surface area contributed by atoms with Gasteiger partial charge >= 0.3 is 0 Å². The predicted octanol–water partition coefficient (Wildman–Crippen LogP) is 2.98. The Bertz CT molecular complexity index is 563. The van der Waals surface area contributed by atoms with Crippen molar-refractivity contribution in [1.29, 1.82) is 0 Å². The zero-order valence-electron chi connectivity index (χ0n) is 12.7. The van der Waals surface area contributed by atoms with Crippen LogP contribution in [0.4, 0.5) is 0 Å². The molecule has 4 heteroatoms. The molecule has 0 saturated heterocycles. The summed E-state index contributed by atoms with van der Waals surface area (Å²) in [6.45, 7) is 7.83. The quantitative estimate of drug-likeness (QED) is 0.879. The average Bonchev–Trinajstić information content (AvgIpc) is 2.83. The molecule has 1 N–H and O–H groups in total. The summed E-state index contributed by atoms with van der Waals surface area (Å²) in [6.07, 6.45) is 3.71. The van der Waals surface area contributed by atoms with E-state index in [0.29, 0.717) is 12.6 Å². The van der Waals surface area contributed by atoms with Gasteiger partial charge in [-0.15, -0.1) is 0 Å². The van der Waals surface area contributed by atoms with Gasteiger partial charge in [0.25, 0.3) is 0 Å². The van der Waals surface area contributed by atoms with Crippen LogP contribution in [0.15, 0.2) is 30.6 Å². The van der Waals surface area contributed by atoms with Crippen LogP contribution in [0, 0.1) is 6.92 Å². The lowest BCUT2D eigenvalue weighted by Crippen LogP contribution is -2.17. The maximum atomic E-state index is 5.85. The van der Waals surface area contributed by atoms with Gasteiger partial charge in [-0.3, -0.25) is 0 Å². The first-order valence-corrected chi connectivity index (χ1v) is 7.04. The molecular weight excluding hydrogens is 250 g/mol. The molecule has 1 atom stereocenters. The summed E-state index contributed by atoms with van der Waals surface area (Å²) in [5.41, 5.74) is 2.44. The van der Waals surface area contributed by atoms with Crippen LogP contribution in [0.1, 0.15) is 36.8 Å². The highest BCUT2D eigenvalue weighted by molar-refractivity contribution is 5.37. The summed E-state index contributed by atoms with van der Waals surface area (Å²) in [5.74, 6) is 1.84. The van der Waals surface area contributed by atoms with Crippen LogP contribution in [0.3, 0.4) is 0 Å². The fourth-order valence-corrected chi connectivity index (χ4v) is 2.21. The van der Waals surface area contributed by atoms with Crippen LogP contribution < -0.4 is 10.1 Å². The number of ether oxygens (including phenoxy) is 1. The lowest BCUT2D eigenvalue weighted by atomic mass is 10.1. The van der Waals surface area contributed by atoms with Crippen molar-refractivity contribution in [2.75, 3.05) is 6.54 Å². The summed E-state index contributed by atoms with van der Waals surface area (Å²) in [4.78, 5) is 4.26. The summed E-state index contributed by atoms with van der Waals surface area (Å²) < 4.78 is 7.82. The number of aromatic nitrogens is 2. The van der Waals surface area contributed by atoms with Crippen molar-refractivity contribution in [1.82, 2.24) is 14.9 Å². The number of hydrogen-bond donors (Lipinski definition) is 1. The highest BCUT2D eigenvalue weighted by Gasteiger charge is 2.08. The summed E-state index contributed by atoms with van der Waals surface area (Å²) in [7, 11) is 1.97. The van der Waals surface area contributed by atoms with Crippen molar-refractivity contribution in [2.45, 2.75) is 33.4 Å². The maximum Gasteiger partial charge on any atom is 0.146 e. The Kier molecular flexibility index (Phi) is 4.79. The van der Waals surface area contributed by atoms with E-state index in [-0.39, 0.29) is 0 Å².